The van der Waals surface area contributed by atoms with E-state index in [4.69, 9.17) is 4.74 Å². The van der Waals surface area contributed by atoms with Crippen LogP contribution in [0.5, 0.6) is 0 Å². The summed E-state index contributed by atoms with van der Waals surface area (Å²) in [4.78, 5) is 2.48. The van der Waals surface area contributed by atoms with Crippen molar-refractivity contribution in [3.63, 3.8) is 0 Å². The van der Waals surface area contributed by atoms with E-state index in [0.29, 0.717) is 0 Å². The molecule has 102 valence electrons. The molecule has 0 aromatic carbocycles. The third-order valence-electron chi connectivity index (χ3n) is 3.50. The predicted octanol–water partition coefficient (Wildman–Crippen LogP) is 1.87. The lowest BCUT2D eigenvalue weighted by Crippen LogP contribution is -2.37. The SMILES string of the molecule is CCCc1nn(CCCN2CCOCC2)cc1C. The normalized spacial score (nSPS) is 17.2. The molecule has 18 heavy (non-hydrogen) atoms. The summed E-state index contributed by atoms with van der Waals surface area (Å²) in [5.41, 5.74) is 2.60. The van der Waals surface area contributed by atoms with Gasteiger partial charge in [0.05, 0.1) is 18.9 Å². The first kappa shape index (κ1) is 13.6. The molecule has 0 bridgehead atoms. The molecule has 1 saturated heterocycles. The van der Waals surface area contributed by atoms with E-state index in [0.717, 1.165) is 45.8 Å². The van der Waals surface area contributed by atoms with Crippen LogP contribution in [0.2, 0.25) is 0 Å². The van der Waals surface area contributed by atoms with Crippen LogP contribution in [0.25, 0.3) is 0 Å². The van der Waals surface area contributed by atoms with Gasteiger partial charge >= 0.3 is 0 Å². The molecule has 0 atom stereocenters. The van der Waals surface area contributed by atoms with Crippen molar-refractivity contribution >= 4 is 0 Å². The van der Waals surface area contributed by atoms with Crippen LogP contribution in [0.1, 0.15) is 31.0 Å². The Morgan fingerprint density at radius 2 is 2.06 bits per heavy atom. The van der Waals surface area contributed by atoms with E-state index in [-0.39, 0.29) is 0 Å². The van der Waals surface area contributed by atoms with Gasteiger partial charge < -0.3 is 4.74 Å². The zero-order valence-electron chi connectivity index (χ0n) is 11.7. The molecule has 2 heterocycles. The average molecular weight is 251 g/mol. The molecule has 0 amide bonds. The molecule has 0 spiro atoms. The Balaban J connectivity index is 1.73. The van der Waals surface area contributed by atoms with Gasteiger partial charge in [-0.3, -0.25) is 9.58 Å². The van der Waals surface area contributed by atoms with Crippen molar-refractivity contribution in [2.45, 2.75) is 39.7 Å². The van der Waals surface area contributed by atoms with Crippen LogP contribution >= 0.6 is 0 Å². The van der Waals surface area contributed by atoms with Crippen molar-refractivity contribution in [2.24, 2.45) is 0 Å². The van der Waals surface area contributed by atoms with Gasteiger partial charge in [0.25, 0.3) is 0 Å². The molecule has 4 heteroatoms. The Morgan fingerprint density at radius 3 is 2.78 bits per heavy atom. The maximum Gasteiger partial charge on any atom is 0.0653 e. The largest absolute Gasteiger partial charge is 0.379 e. The van der Waals surface area contributed by atoms with Crippen LogP contribution < -0.4 is 0 Å². The van der Waals surface area contributed by atoms with Crippen LogP contribution in [0, 0.1) is 6.92 Å². The molecule has 0 saturated carbocycles. The van der Waals surface area contributed by atoms with E-state index in [1.165, 1.54) is 24.1 Å². The lowest BCUT2D eigenvalue weighted by atomic mass is 10.2. The Hall–Kier alpha value is -0.870. The number of ether oxygens (including phenoxy) is 1. The Kier molecular flexibility index (Phi) is 5.20. The summed E-state index contributed by atoms with van der Waals surface area (Å²) in [6.07, 6.45) is 5.63. The summed E-state index contributed by atoms with van der Waals surface area (Å²) in [6.45, 7) is 10.5. The van der Waals surface area contributed by atoms with Crippen molar-refractivity contribution in [3.05, 3.63) is 17.5 Å². The van der Waals surface area contributed by atoms with Gasteiger partial charge in [-0.05, 0) is 25.3 Å². The minimum atomic E-state index is 0.890. The summed E-state index contributed by atoms with van der Waals surface area (Å²) in [6, 6.07) is 0. The molecule has 0 unspecified atom stereocenters. The summed E-state index contributed by atoms with van der Waals surface area (Å²) in [5, 5.41) is 4.66. The minimum absolute atomic E-state index is 0.890. The average Bonchev–Trinajstić information content (AvgIpc) is 2.72. The van der Waals surface area contributed by atoms with Crippen LogP contribution in [0.15, 0.2) is 6.20 Å². The molecule has 0 N–H and O–H groups in total. The number of hydrogen-bond donors (Lipinski definition) is 0. The van der Waals surface area contributed by atoms with Crippen molar-refractivity contribution in [1.82, 2.24) is 14.7 Å². The highest BCUT2D eigenvalue weighted by atomic mass is 16.5. The van der Waals surface area contributed by atoms with Gasteiger partial charge in [0, 0.05) is 32.4 Å². The van der Waals surface area contributed by atoms with Crippen LogP contribution in [0.3, 0.4) is 0 Å². The van der Waals surface area contributed by atoms with Crippen LogP contribution in [-0.4, -0.2) is 47.5 Å². The monoisotopic (exact) mass is 251 g/mol. The first-order chi connectivity index (χ1) is 8.79. The zero-order chi connectivity index (χ0) is 12.8. The second kappa shape index (κ2) is 6.90. The lowest BCUT2D eigenvalue weighted by molar-refractivity contribution is 0.0368. The highest BCUT2D eigenvalue weighted by Crippen LogP contribution is 2.08. The topological polar surface area (TPSA) is 30.3 Å². The number of nitrogens with zero attached hydrogens (tertiary/aromatic N) is 3. The van der Waals surface area contributed by atoms with Crippen molar-refractivity contribution in [2.75, 3.05) is 32.8 Å². The second-order valence-corrected chi connectivity index (χ2v) is 5.08. The van der Waals surface area contributed by atoms with Crippen molar-refractivity contribution in [3.8, 4) is 0 Å². The molecule has 1 fully saturated rings. The second-order valence-electron chi connectivity index (χ2n) is 5.08. The highest BCUT2D eigenvalue weighted by Gasteiger charge is 2.10. The first-order valence-electron chi connectivity index (χ1n) is 7.12. The number of hydrogen-bond acceptors (Lipinski definition) is 3. The van der Waals surface area contributed by atoms with Gasteiger partial charge in [-0.25, -0.2) is 0 Å². The third kappa shape index (κ3) is 3.82. The number of aromatic nitrogens is 2. The van der Waals surface area contributed by atoms with E-state index in [1.54, 1.807) is 0 Å². The molecule has 1 aliphatic heterocycles. The third-order valence-corrected chi connectivity index (χ3v) is 3.50. The van der Waals surface area contributed by atoms with Crippen LogP contribution in [0.4, 0.5) is 0 Å². The molecule has 1 aromatic rings. The van der Waals surface area contributed by atoms with Gasteiger partial charge in [0.1, 0.15) is 0 Å². The van der Waals surface area contributed by atoms with E-state index in [9.17, 15) is 0 Å². The number of aryl methyl sites for hydroxylation is 3. The van der Waals surface area contributed by atoms with E-state index in [1.807, 2.05) is 0 Å². The highest BCUT2D eigenvalue weighted by molar-refractivity contribution is 5.14. The molecule has 0 aliphatic carbocycles. The van der Waals surface area contributed by atoms with Gasteiger partial charge in [0.2, 0.25) is 0 Å². The quantitative estimate of drug-likeness (QED) is 0.773. The van der Waals surface area contributed by atoms with Crippen molar-refractivity contribution < 1.29 is 4.74 Å². The smallest absolute Gasteiger partial charge is 0.0653 e. The predicted molar refractivity (Wildman–Crippen MR) is 72.8 cm³/mol. The molecule has 1 aliphatic rings. The van der Waals surface area contributed by atoms with Gasteiger partial charge in [-0.2, -0.15) is 5.10 Å². The summed E-state index contributed by atoms with van der Waals surface area (Å²) >= 11 is 0. The maximum atomic E-state index is 5.35. The number of rotatable bonds is 6. The molecule has 2 rings (SSSR count). The summed E-state index contributed by atoms with van der Waals surface area (Å²) < 4.78 is 7.46. The van der Waals surface area contributed by atoms with Gasteiger partial charge in [-0.15, -0.1) is 0 Å². The molecular formula is C14H25N3O. The number of morpholine rings is 1. The molecule has 1 aromatic heterocycles. The standard InChI is InChI=1S/C14H25N3O/c1-3-5-14-13(2)12-17(15-14)7-4-6-16-8-10-18-11-9-16/h12H,3-11H2,1-2H3. The Labute approximate surface area is 110 Å². The van der Waals surface area contributed by atoms with Gasteiger partial charge in [0.15, 0.2) is 0 Å². The fourth-order valence-corrected chi connectivity index (χ4v) is 2.44. The molecule has 0 radical (unpaired) electrons. The first-order valence-corrected chi connectivity index (χ1v) is 7.12. The van der Waals surface area contributed by atoms with E-state index < -0.39 is 0 Å². The Bertz CT molecular complexity index is 356. The zero-order valence-corrected chi connectivity index (χ0v) is 11.7. The minimum Gasteiger partial charge on any atom is -0.379 e. The van der Waals surface area contributed by atoms with Gasteiger partial charge in [-0.1, -0.05) is 13.3 Å². The Morgan fingerprint density at radius 1 is 1.28 bits per heavy atom. The fraction of sp³-hybridized carbons (Fsp3) is 0.786. The van der Waals surface area contributed by atoms with E-state index in [2.05, 4.69) is 34.7 Å². The fourth-order valence-electron chi connectivity index (χ4n) is 2.44. The van der Waals surface area contributed by atoms with Crippen molar-refractivity contribution in [1.29, 1.82) is 0 Å². The summed E-state index contributed by atoms with van der Waals surface area (Å²) in [7, 11) is 0. The van der Waals surface area contributed by atoms with Crippen LogP contribution in [-0.2, 0) is 17.7 Å². The molecule has 4 nitrogen and oxygen atoms in total. The van der Waals surface area contributed by atoms with E-state index >= 15 is 0 Å². The lowest BCUT2D eigenvalue weighted by Gasteiger charge is -2.26. The summed E-state index contributed by atoms with van der Waals surface area (Å²) in [5.74, 6) is 0. The maximum absolute atomic E-state index is 5.35. The molecular weight excluding hydrogens is 226 g/mol.